The predicted molar refractivity (Wildman–Crippen MR) is 144 cm³/mol. The normalized spacial score (nSPS) is 14.5. The van der Waals surface area contributed by atoms with Crippen molar-refractivity contribution in [1.29, 1.82) is 0 Å². The van der Waals surface area contributed by atoms with Gasteiger partial charge in [0, 0.05) is 30.6 Å². The molecular formula is C30H30N6O. The smallest absolute Gasteiger partial charge is 0.253 e. The van der Waals surface area contributed by atoms with Gasteiger partial charge >= 0.3 is 0 Å². The second kappa shape index (κ2) is 9.75. The Kier molecular flexibility index (Phi) is 6.14. The number of aromatic nitrogens is 5. The lowest BCUT2D eigenvalue weighted by molar-refractivity contribution is 0.193. The Morgan fingerprint density at radius 1 is 0.946 bits per heavy atom. The number of benzene rings is 3. The van der Waals surface area contributed by atoms with Gasteiger partial charge in [0.1, 0.15) is 6.04 Å². The van der Waals surface area contributed by atoms with Crippen molar-refractivity contribution in [3.8, 4) is 0 Å². The van der Waals surface area contributed by atoms with Crippen LogP contribution in [-0.4, -0.2) is 36.6 Å². The van der Waals surface area contributed by atoms with Crippen molar-refractivity contribution in [1.82, 2.24) is 30.1 Å². The number of nitrogens with one attached hydrogen (secondary N) is 1. The van der Waals surface area contributed by atoms with Gasteiger partial charge in [-0.25, -0.2) is 4.68 Å². The number of nitrogens with zero attached hydrogens (tertiary/aromatic N) is 5. The molecule has 6 rings (SSSR count). The van der Waals surface area contributed by atoms with Gasteiger partial charge in [-0.05, 0) is 71.0 Å². The van der Waals surface area contributed by atoms with Crippen molar-refractivity contribution in [2.75, 3.05) is 6.54 Å². The minimum absolute atomic E-state index is 0.0948. The van der Waals surface area contributed by atoms with Crippen LogP contribution in [0.2, 0.25) is 0 Å². The van der Waals surface area contributed by atoms with E-state index in [0.29, 0.717) is 17.9 Å². The second-order valence-corrected chi connectivity index (χ2v) is 9.93. The molecule has 3 heterocycles. The van der Waals surface area contributed by atoms with E-state index in [9.17, 15) is 4.79 Å². The Morgan fingerprint density at radius 2 is 1.70 bits per heavy atom. The van der Waals surface area contributed by atoms with Crippen LogP contribution in [0.4, 0.5) is 0 Å². The number of hydrogen-bond donors (Lipinski definition) is 1. The first kappa shape index (κ1) is 23.3. The van der Waals surface area contributed by atoms with Crippen LogP contribution in [-0.2, 0) is 25.9 Å². The maximum atomic E-state index is 13.7. The Hall–Kier alpha value is -4.10. The summed E-state index contributed by atoms with van der Waals surface area (Å²) in [6.07, 6.45) is 1.72. The van der Waals surface area contributed by atoms with E-state index in [1.807, 2.05) is 29.8 Å². The third-order valence-corrected chi connectivity index (χ3v) is 7.55. The number of pyridine rings is 1. The van der Waals surface area contributed by atoms with Crippen LogP contribution in [0, 0.1) is 13.8 Å². The van der Waals surface area contributed by atoms with Gasteiger partial charge in [-0.1, -0.05) is 66.7 Å². The molecule has 5 aromatic rings. The fraction of sp³-hybridized carbons (Fsp3) is 0.267. The van der Waals surface area contributed by atoms with Gasteiger partial charge in [0.05, 0.1) is 5.52 Å². The van der Waals surface area contributed by atoms with Crippen molar-refractivity contribution in [3.05, 3.63) is 122 Å². The highest BCUT2D eigenvalue weighted by Crippen LogP contribution is 2.32. The van der Waals surface area contributed by atoms with E-state index in [0.717, 1.165) is 48.0 Å². The molecule has 0 unspecified atom stereocenters. The molecule has 3 aromatic carbocycles. The van der Waals surface area contributed by atoms with Crippen molar-refractivity contribution >= 4 is 10.9 Å². The molecule has 0 fully saturated rings. The van der Waals surface area contributed by atoms with Crippen LogP contribution in [0.15, 0.2) is 77.6 Å². The average Bonchev–Trinajstić information content (AvgIpc) is 3.39. The van der Waals surface area contributed by atoms with Crippen LogP contribution >= 0.6 is 0 Å². The van der Waals surface area contributed by atoms with E-state index in [2.05, 4.69) is 86.9 Å². The van der Waals surface area contributed by atoms with E-state index in [4.69, 9.17) is 0 Å². The third-order valence-electron chi connectivity index (χ3n) is 7.55. The molecule has 1 aliphatic rings. The largest absolute Gasteiger partial charge is 0.321 e. The number of aromatic amines is 1. The highest BCUT2D eigenvalue weighted by molar-refractivity contribution is 5.85. The number of fused-ring (bicyclic) bond motifs is 2. The molecule has 0 amide bonds. The van der Waals surface area contributed by atoms with E-state index in [1.165, 1.54) is 16.7 Å². The molecule has 37 heavy (non-hydrogen) atoms. The van der Waals surface area contributed by atoms with E-state index in [-0.39, 0.29) is 11.6 Å². The summed E-state index contributed by atoms with van der Waals surface area (Å²) in [4.78, 5) is 19.2. The monoisotopic (exact) mass is 490 g/mol. The minimum atomic E-state index is -0.368. The fourth-order valence-corrected chi connectivity index (χ4v) is 5.48. The summed E-state index contributed by atoms with van der Waals surface area (Å²) in [6.45, 7) is 6.30. The lowest BCUT2D eigenvalue weighted by Crippen LogP contribution is -2.38. The molecule has 1 N–H and O–H groups in total. The summed E-state index contributed by atoms with van der Waals surface area (Å²) in [5.41, 5.74) is 7.53. The standard InChI is InChI=1S/C30H30N6O/c1-20-12-13-21(2)27-25(20)18-26(30(37)31-27)28(35-16-15-23-10-6-7-11-24(23)19-35)29-32-33-34-36(29)17-14-22-8-4-3-5-9-22/h3-13,18,28H,14-17,19H2,1-2H3,(H,31,37)/t28-/m0/s1. The van der Waals surface area contributed by atoms with E-state index in [1.54, 1.807) is 0 Å². The Labute approximate surface area is 215 Å². The van der Waals surface area contributed by atoms with Gasteiger partial charge < -0.3 is 4.98 Å². The van der Waals surface area contributed by atoms with Crippen molar-refractivity contribution in [3.63, 3.8) is 0 Å². The number of H-pyrrole nitrogens is 1. The number of rotatable bonds is 6. The molecule has 0 saturated heterocycles. The molecule has 7 nitrogen and oxygen atoms in total. The van der Waals surface area contributed by atoms with Crippen LogP contribution in [0.5, 0.6) is 0 Å². The van der Waals surface area contributed by atoms with Gasteiger partial charge in [0.2, 0.25) is 0 Å². The van der Waals surface area contributed by atoms with Crippen molar-refractivity contribution < 1.29 is 0 Å². The molecule has 0 radical (unpaired) electrons. The molecule has 0 aliphatic carbocycles. The van der Waals surface area contributed by atoms with Gasteiger partial charge in [0.15, 0.2) is 5.82 Å². The van der Waals surface area contributed by atoms with Gasteiger partial charge in [0.25, 0.3) is 5.56 Å². The van der Waals surface area contributed by atoms with Crippen LogP contribution in [0.1, 0.15) is 45.2 Å². The molecular weight excluding hydrogens is 460 g/mol. The predicted octanol–water partition coefficient (Wildman–Crippen LogP) is 4.52. The first-order valence-corrected chi connectivity index (χ1v) is 12.8. The van der Waals surface area contributed by atoms with Gasteiger partial charge in [-0.3, -0.25) is 9.69 Å². The first-order valence-electron chi connectivity index (χ1n) is 12.8. The van der Waals surface area contributed by atoms with Gasteiger partial charge in [-0.2, -0.15) is 0 Å². The Morgan fingerprint density at radius 3 is 2.54 bits per heavy atom. The fourth-order valence-electron chi connectivity index (χ4n) is 5.48. The summed E-state index contributed by atoms with van der Waals surface area (Å²) in [7, 11) is 0. The zero-order chi connectivity index (χ0) is 25.4. The third kappa shape index (κ3) is 4.47. The number of aryl methyl sites for hydroxylation is 4. The second-order valence-electron chi connectivity index (χ2n) is 9.93. The average molecular weight is 491 g/mol. The number of hydrogen-bond acceptors (Lipinski definition) is 5. The topological polar surface area (TPSA) is 79.7 Å². The summed E-state index contributed by atoms with van der Waals surface area (Å²) < 4.78 is 1.87. The SMILES string of the molecule is Cc1ccc(C)c2[nH]c(=O)c([C@@H](c3nnnn3CCc3ccccc3)N3CCc4ccccc4C3)cc12. The maximum Gasteiger partial charge on any atom is 0.253 e. The van der Waals surface area contributed by atoms with Crippen LogP contribution in [0.3, 0.4) is 0 Å². The zero-order valence-corrected chi connectivity index (χ0v) is 21.2. The highest BCUT2D eigenvalue weighted by Gasteiger charge is 2.32. The van der Waals surface area contributed by atoms with Crippen LogP contribution in [0.25, 0.3) is 10.9 Å². The first-order chi connectivity index (χ1) is 18.1. The Balaban J connectivity index is 1.46. The molecule has 0 spiro atoms. The zero-order valence-electron chi connectivity index (χ0n) is 21.2. The minimum Gasteiger partial charge on any atom is -0.321 e. The van der Waals surface area contributed by atoms with E-state index < -0.39 is 0 Å². The molecule has 0 bridgehead atoms. The molecule has 186 valence electrons. The Bertz CT molecular complexity index is 1620. The molecule has 7 heteroatoms. The van der Waals surface area contributed by atoms with Crippen molar-refractivity contribution in [2.24, 2.45) is 0 Å². The lowest BCUT2D eigenvalue weighted by atomic mass is 9.95. The summed E-state index contributed by atoms with van der Waals surface area (Å²) in [5.74, 6) is 0.700. The van der Waals surface area contributed by atoms with Gasteiger partial charge in [-0.15, -0.1) is 5.10 Å². The molecule has 0 saturated carbocycles. The van der Waals surface area contributed by atoms with E-state index >= 15 is 0 Å². The summed E-state index contributed by atoms with van der Waals surface area (Å²) in [6, 6.07) is 24.7. The number of tetrazole rings is 1. The highest BCUT2D eigenvalue weighted by atomic mass is 16.1. The van der Waals surface area contributed by atoms with Crippen molar-refractivity contribution in [2.45, 2.75) is 45.8 Å². The lowest BCUT2D eigenvalue weighted by Gasteiger charge is -2.35. The summed E-state index contributed by atoms with van der Waals surface area (Å²) >= 11 is 0. The maximum absolute atomic E-state index is 13.7. The van der Waals surface area contributed by atoms with Crippen LogP contribution < -0.4 is 5.56 Å². The summed E-state index contributed by atoms with van der Waals surface area (Å²) in [5, 5.41) is 14.0. The quantitative estimate of drug-likeness (QED) is 0.379. The molecule has 1 atom stereocenters. The molecule has 1 aliphatic heterocycles. The molecule has 2 aromatic heterocycles.